The minimum atomic E-state index is -0.200. The first-order chi connectivity index (χ1) is 13.6. The van der Waals surface area contributed by atoms with E-state index in [2.05, 4.69) is 20.5 Å². The predicted octanol–water partition coefficient (Wildman–Crippen LogP) is 4.29. The minimum Gasteiger partial charge on any atom is -0.419 e. The lowest BCUT2D eigenvalue weighted by Gasteiger charge is -2.19. The van der Waals surface area contributed by atoms with E-state index < -0.39 is 0 Å². The van der Waals surface area contributed by atoms with Crippen molar-refractivity contribution in [1.29, 1.82) is 0 Å². The Morgan fingerprint density at radius 1 is 1.18 bits per heavy atom. The molecule has 1 amide bonds. The van der Waals surface area contributed by atoms with Crippen LogP contribution in [0.15, 0.2) is 47.0 Å². The van der Waals surface area contributed by atoms with Crippen molar-refractivity contribution >= 4 is 34.8 Å². The van der Waals surface area contributed by atoms with Crippen LogP contribution in [0, 0.1) is 0 Å². The maximum Gasteiger partial charge on any atom is 0.249 e. The highest BCUT2D eigenvalue weighted by Gasteiger charge is 2.17. The second-order valence-electron chi connectivity index (χ2n) is 6.08. The van der Waals surface area contributed by atoms with Gasteiger partial charge >= 0.3 is 0 Å². The van der Waals surface area contributed by atoms with Crippen molar-refractivity contribution in [3.8, 4) is 11.5 Å². The summed E-state index contributed by atoms with van der Waals surface area (Å²) in [6, 6.07) is 10.7. The fourth-order valence-corrected chi connectivity index (χ4v) is 3.04. The van der Waals surface area contributed by atoms with E-state index in [4.69, 9.17) is 27.6 Å². The van der Waals surface area contributed by atoms with Gasteiger partial charge in [0.2, 0.25) is 17.7 Å². The van der Waals surface area contributed by atoms with E-state index in [1.54, 1.807) is 24.4 Å². The molecule has 0 bridgehead atoms. The van der Waals surface area contributed by atoms with Gasteiger partial charge in [0.1, 0.15) is 0 Å². The van der Waals surface area contributed by atoms with Crippen molar-refractivity contribution in [2.45, 2.75) is 19.9 Å². The van der Waals surface area contributed by atoms with E-state index in [0.29, 0.717) is 41.1 Å². The number of rotatable bonds is 8. The van der Waals surface area contributed by atoms with Gasteiger partial charge in [-0.05, 0) is 37.2 Å². The van der Waals surface area contributed by atoms with Crippen LogP contribution in [0.5, 0.6) is 0 Å². The van der Waals surface area contributed by atoms with Gasteiger partial charge in [0.05, 0.1) is 29.4 Å². The topological polar surface area (TPSA) is 84.2 Å². The Morgan fingerprint density at radius 3 is 2.75 bits per heavy atom. The third kappa shape index (κ3) is 5.28. The van der Waals surface area contributed by atoms with E-state index in [1.807, 2.05) is 30.0 Å². The van der Waals surface area contributed by atoms with Crippen LogP contribution in [0.2, 0.25) is 10.2 Å². The van der Waals surface area contributed by atoms with Gasteiger partial charge in [-0.3, -0.25) is 9.69 Å². The predicted molar refractivity (Wildman–Crippen MR) is 108 cm³/mol. The van der Waals surface area contributed by atoms with Gasteiger partial charge in [-0.1, -0.05) is 42.3 Å². The molecule has 0 aliphatic heterocycles. The fraction of sp³-hybridized carbons (Fsp3) is 0.263. The van der Waals surface area contributed by atoms with Crippen molar-refractivity contribution < 1.29 is 9.21 Å². The number of hydrogen-bond donors (Lipinski definition) is 1. The Bertz CT molecular complexity index is 947. The summed E-state index contributed by atoms with van der Waals surface area (Å²) in [5.74, 6) is 0.563. The molecule has 0 spiro atoms. The number of hydrogen-bond acceptors (Lipinski definition) is 6. The number of nitrogens with one attached hydrogen (secondary N) is 1. The van der Waals surface area contributed by atoms with Gasteiger partial charge in [0.15, 0.2) is 5.15 Å². The lowest BCUT2D eigenvalue weighted by Crippen LogP contribution is -2.33. The third-order valence-electron chi connectivity index (χ3n) is 3.87. The second-order valence-corrected chi connectivity index (χ2v) is 6.85. The molecule has 3 aromatic rings. The van der Waals surface area contributed by atoms with Crippen LogP contribution in [-0.4, -0.2) is 39.1 Å². The Morgan fingerprint density at radius 2 is 2.00 bits per heavy atom. The Balaban J connectivity index is 1.66. The zero-order valence-electron chi connectivity index (χ0n) is 15.2. The number of pyridine rings is 1. The summed E-state index contributed by atoms with van der Waals surface area (Å²) in [6.45, 7) is 3.23. The maximum atomic E-state index is 12.4. The molecular formula is C19H19Cl2N5O2. The van der Waals surface area contributed by atoms with Crippen molar-refractivity contribution in [3.63, 3.8) is 0 Å². The van der Waals surface area contributed by atoms with E-state index in [9.17, 15) is 4.79 Å². The average molecular weight is 420 g/mol. The van der Waals surface area contributed by atoms with Crippen LogP contribution in [0.3, 0.4) is 0 Å². The van der Waals surface area contributed by atoms with Crippen LogP contribution >= 0.6 is 23.2 Å². The van der Waals surface area contributed by atoms with Gasteiger partial charge in [-0.25, -0.2) is 4.98 Å². The molecule has 0 radical (unpaired) electrons. The highest BCUT2D eigenvalue weighted by atomic mass is 35.5. The summed E-state index contributed by atoms with van der Waals surface area (Å²) >= 11 is 12.2. The molecule has 9 heteroatoms. The summed E-state index contributed by atoms with van der Waals surface area (Å²) in [5, 5.41) is 11.7. The normalized spacial score (nSPS) is 11.0. The first kappa shape index (κ1) is 20.3. The monoisotopic (exact) mass is 419 g/mol. The molecule has 2 aromatic heterocycles. The second kappa shape index (κ2) is 9.64. The molecule has 7 nitrogen and oxygen atoms in total. The van der Waals surface area contributed by atoms with Gasteiger partial charge in [-0.2, -0.15) is 0 Å². The van der Waals surface area contributed by atoms with Crippen LogP contribution in [0.1, 0.15) is 19.2 Å². The third-order valence-corrected chi connectivity index (χ3v) is 4.50. The molecule has 3 rings (SSSR count). The average Bonchev–Trinajstić information content (AvgIpc) is 3.12. The van der Waals surface area contributed by atoms with Gasteiger partial charge < -0.3 is 9.73 Å². The largest absolute Gasteiger partial charge is 0.419 e. The standard InChI is InChI=1S/C19H19Cl2N5O2/c1-2-10-26(11-16(27)23-15-8-5-9-22-18(15)21)12-17-24-25-19(28-17)13-6-3-4-7-14(13)20/h3-9H,2,10-12H2,1H3,(H,23,27). The van der Waals surface area contributed by atoms with Gasteiger partial charge in [-0.15, -0.1) is 10.2 Å². The molecule has 0 saturated carbocycles. The molecule has 0 unspecified atom stereocenters. The Kier molecular flexibility index (Phi) is 6.97. The summed E-state index contributed by atoms with van der Waals surface area (Å²) in [7, 11) is 0. The van der Waals surface area contributed by atoms with E-state index in [0.717, 1.165) is 6.42 Å². The molecule has 0 atom stereocenters. The molecule has 2 heterocycles. The molecule has 0 aliphatic rings. The highest BCUT2D eigenvalue weighted by molar-refractivity contribution is 6.33. The molecule has 1 aromatic carbocycles. The van der Waals surface area contributed by atoms with Crippen LogP contribution in [0.25, 0.3) is 11.5 Å². The quantitative estimate of drug-likeness (QED) is 0.548. The van der Waals surface area contributed by atoms with E-state index >= 15 is 0 Å². The number of nitrogens with zero attached hydrogens (tertiary/aromatic N) is 4. The summed E-state index contributed by atoms with van der Waals surface area (Å²) in [5.41, 5.74) is 1.15. The Labute approximate surface area is 172 Å². The van der Waals surface area contributed by atoms with Crippen LogP contribution in [0.4, 0.5) is 5.69 Å². The minimum absolute atomic E-state index is 0.156. The van der Waals surface area contributed by atoms with E-state index in [1.165, 1.54) is 0 Å². The first-order valence-electron chi connectivity index (χ1n) is 8.76. The zero-order valence-corrected chi connectivity index (χ0v) is 16.7. The smallest absolute Gasteiger partial charge is 0.249 e. The summed E-state index contributed by atoms with van der Waals surface area (Å²) in [6.07, 6.45) is 2.43. The lowest BCUT2D eigenvalue weighted by atomic mass is 10.2. The highest BCUT2D eigenvalue weighted by Crippen LogP contribution is 2.26. The molecule has 0 saturated heterocycles. The molecule has 28 heavy (non-hydrogen) atoms. The van der Waals surface area contributed by atoms with Crippen LogP contribution < -0.4 is 5.32 Å². The SMILES string of the molecule is CCCN(CC(=O)Nc1cccnc1Cl)Cc1nnc(-c2ccccc2Cl)o1. The molecule has 0 aliphatic carbocycles. The van der Waals surface area contributed by atoms with Crippen molar-refractivity contribution in [3.05, 3.63) is 58.7 Å². The molecule has 1 N–H and O–H groups in total. The van der Waals surface area contributed by atoms with Gasteiger partial charge in [0.25, 0.3) is 0 Å². The van der Waals surface area contributed by atoms with Crippen molar-refractivity contribution in [1.82, 2.24) is 20.1 Å². The zero-order chi connectivity index (χ0) is 19.9. The van der Waals surface area contributed by atoms with Gasteiger partial charge in [0, 0.05) is 6.20 Å². The van der Waals surface area contributed by atoms with Crippen molar-refractivity contribution in [2.24, 2.45) is 0 Å². The molecule has 146 valence electrons. The number of carbonyl (C=O) groups excluding carboxylic acids is 1. The van der Waals surface area contributed by atoms with Crippen LogP contribution in [-0.2, 0) is 11.3 Å². The number of halogens is 2. The number of anilines is 1. The fourth-order valence-electron chi connectivity index (χ4n) is 2.65. The number of amides is 1. The number of carbonyl (C=O) groups is 1. The number of aromatic nitrogens is 3. The first-order valence-corrected chi connectivity index (χ1v) is 9.52. The lowest BCUT2D eigenvalue weighted by molar-refractivity contribution is -0.117. The van der Waals surface area contributed by atoms with E-state index in [-0.39, 0.29) is 17.6 Å². The van der Waals surface area contributed by atoms with Crippen molar-refractivity contribution in [2.75, 3.05) is 18.4 Å². The molecular weight excluding hydrogens is 401 g/mol. The Hall–Kier alpha value is -2.48. The summed E-state index contributed by atoms with van der Waals surface area (Å²) in [4.78, 5) is 18.3. The number of benzene rings is 1. The summed E-state index contributed by atoms with van der Waals surface area (Å²) < 4.78 is 5.74. The molecule has 0 fully saturated rings. The maximum absolute atomic E-state index is 12.4.